The van der Waals surface area contributed by atoms with Crippen molar-refractivity contribution in [2.24, 2.45) is 0 Å². The quantitative estimate of drug-likeness (QED) is 0.573. The average molecular weight is 329 g/mol. The van der Waals surface area contributed by atoms with E-state index in [2.05, 4.69) is 32.0 Å². The van der Waals surface area contributed by atoms with Crippen LogP contribution in [-0.4, -0.2) is 20.0 Å². The minimum atomic E-state index is 0.394. The highest BCUT2D eigenvalue weighted by Gasteiger charge is 2.09. The van der Waals surface area contributed by atoms with Gasteiger partial charge < -0.3 is 5.11 Å². The average Bonchev–Trinajstić information content (AvgIpc) is 2.52. The zero-order chi connectivity index (χ0) is 15.8. The van der Waals surface area contributed by atoms with Crippen LogP contribution in [0.4, 0.5) is 0 Å². The van der Waals surface area contributed by atoms with Crippen molar-refractivity contribution in [3.8, 4) is 5.75 Å². The Balaban J connectivity index is 2.05. The molecule has 0 saturated heterocycles. The van der Waals surface area contributed by atoms with E-state index in [1.165, 1.54) is 36.4 Å². The van der Waals surface area contributed by atoms with Crippen LogP contribution in [0.5, 0.6) is 5.75 Å². The Hall–Kier alpha value is -1.19. The van der Waals surface area contributed by atoms with Gasteiger partial charge in [0.25, 0.3) is 0 Å². The third-order valence-electron chi connectivity index (χ3n) is 3.65. The van der Waals surface area contributed by atoms with Gasteiger partial charge in [-0.05, 0) is 41.5 Å². The van der Waals surface area contributed by atoms with Crippen LogP contribution in [0.15, 0.2) is 47.4 Å². The molecular formula is C19H24OSSi. The molecule has 0 saturated carbocycles. The van der Waals surface area contributed by atoms with Gasteiger partial charge in [-0.3, -0.25) is 0 Å². The Morgan fingerprint density at radius 3 is 2.45 bits per heavy atom. The second-order valence-corrected chi connectivity index (χ2v) is 8.15. The molecule has 22 heavy (non-hydrogen) atoms. The number of aromatic hydroxyl groups is 1. The van der Waals surface area contributed by atoms with Gasteiger partial charge in [-0.25, -0.2) is 0 Å². The van der Waals surface area contributed by atoms with Crippen molar-refractivity contribution in [1.82, 2.24) is 0 Å². The van der Waals surface area contributed by atoms with E-state index in [4.69, 9.17) is 0 Å². The number of thioether (sulfide) groups is 1. The summed E-state index contributed by atoms with van der Waals surface area (Å²) >= 11 is 1.75. The van der Waals surface area contributed by atoms with E-state index in [1.54, 1.807) is 23.4 Å². The molecule has 0 bridgehead atoms. The first-order chi connectivity index (χ1) is 10.8. The molecule has 0 atom stereocenters. The van der Waals surface area contributed by atoms with Gasteiger partial charge >= 0.3 is 0 Å². The fourth-order valence-corrected chi connectivity index (χ4v) is 5.26. The predicted octanol–water partition coefficient (Wildman–Crippen LogP) is 4.38. The van der Waals surface area contributed by atoms with E-state index in [1.807, 2.05) is 18.2 Å². The lowest BCUT2D eigenvalue weighted by Crippen LogP contribution is -2.23. The van der Waals surface area contributed by atoms with Gasteiger partial charge in [0.05, 0.1) is 9.52 Å². The molecule has 0 aliphatic heterocycles. The molecule has 0 fully saturated rings. The number of rotatable bonds is 8. The molecule has 2 radical (unpaired) electrons. The zero-order valence-corrected chi connectivity index (χ0v) is 15.2. The molecule has 3 heteroatoms. The van der Waals surface area contributed by atoms with Crippen LogP contribution in [0, 0.1) is 0 Å². The van der Waals surface area contributed by atoms with Crippen LogP contribution in [0.3, 0.4) is 0 Å². The monoisotopic (exact) mass is 328 g/mol. The molecule has 2 rings (SSSR count). The van der Waals surface area contributed by atoms with Crippen molar-refractivity contribution < 1.29 is 5.11 Å². The first kappa shape index (κ1) is 17.2. The van der Waals surface area contributed by atoms with Crippen molar-refractivity contribution in [1.29, 1.82) is 0 Å². The summed E-state index contributed by atoms with van der Waals surface area (Å²) in [5, 5.41) is 12.4. The normalized spacial score (nSPS) is 10.8. The van der Waals surface area contributed by atoms with Crippen LogP contribution in [0.2, 0.25) is 0 Å². The molecule has 0 amide bonds. The highest BCUT2D eigenvalue weighted by molar-refractivity contribution is 8.00. The number of para-hydroxylation sites is 1. The third kappa shape index (κ3) is 4.65. The molecule has 0 aliphatic rings. The molecule has 2 aromatic carbocycles. The molecule has 1 nitrogen and oxygen atoms in total. The molecule has 116 valence electrons. The van der Waals surface area contributed by atoms with E-state index in [0.29, 0.717) is 5.75 Å². The van der Waals surface area contributed by atoms with Gasteiger partial charge in [0, 0.05) is 4.90 Å². The minimum Gasteiger partial charge on any atom is -0.507 e. The number of phenolic OH excluding ortho intramolecular Hbond substituents is 1. The van der Waals surface area contributed by atoms with Gasteiger partial charge in [0.15, 0.2) is 0 Å². The molecule has 1 N–H and O–H groups in total. The van der Waals surface area contributed by atoms with Crippen LogP contribution >= 0.6 is 11.8 Å². The lowest BCUT2D eigenvalue weighted by atomic mass is 10.00. The van der Waals surface area contributed by atoms with Crippen LogP contribution < -0.4 is 5.19 Å². The van der Waals surface area contributed by atoms with E-state index in [-0.39, 0.29) is 0 Å². The number of aryl methyl sites for hydroxylation is 1. The Kier molecular flexibility index (Phi) is 7.07. The molecule has 0 spiro atoms. The van der Waals surface area contributed by atoms with Gasteiger partial charge in [-0.15, -0.1) is 11.8 Å². The van der Waals surface area contributed by atoms with Crippen molar-refractivity contribution >= 4 is 26.5 Å². The van der Waals surface area contributed by atoms with Crippen molar-refractivity contribution in [2.45, 2.75) is 44.4 Å². The lowest BCUT2D eigenvalue weighted by Gasteiger charge is -2.14. The zero-order valence-electron chi connectivity index (χ0n) is 13.4. The maximum Gasteiger partial charge on any atom is 0.129 e. The summed E-state index contributed by atoms with van der Waals surface area (Å²) < 4.78 is 0. The first-order valence-corrected chi connectivity index (χ1v) is 10.2. The lowest BCUT2D eigenvalue weighted by molar-refractivity contribution is 0.462. The van der Waals surface area contributed by atoms with Crippen molar-refractivity contribution in [3.05, 3.63) is 53.6 Å². The Morgan fingerprint density at radius 2 is 1.73 bits per heavy atom. The third-order valence-corrected chi connectivity index (χ3v) is 6.31. The van der Waals surface area contributed by atoms with Gasteiger partial charge in [-0.2, -0.15) is 0 Å². The summed E-state index contributed by atoms with van der Waals surface area (Å²) in [6, 6.07) is 14.4. The van der Waals surface area contributed by atoms with E-state index >= 15 is 0 Å². The van der Waals surface area contributed by atoms with Crippen LogP contribution in [0.1, 0.15) is 37.8 Å². The fourth-order valence-electron chi connectivity index (χ4n) is 2.62. The van der Waals surface area contributed by atoms with E-state index in [0.717, 1.165) is 19.8 Å². The molecular weight excluding hydrogens is 304 g/mol. The molecule has 0 heterocycles. The smallest absolute Gasteiger partial charge is 0.129 e. The largest absolute Gasteiger partial charge is 0.507 e. The van der Waals surface area contributed by atoms with E-state index < -0.39 is 0 Å². The second-order valence-electron chi connectivity index (χ2n) is 5.38. The second kappa shape index (κ2) is 9.06. The Morgan fingerprint density at radius 1 is 0.955 bits per heavy atom. The summed E-state index contributed by atoms with van der Waals surface area (Å²) in [7, 11) is 0.788. The number of phenols is 1. The predicted molar refractivity (Wildman–Crippen MR) is 98.7 cm³/mol. The minimum absolute atomic E-state index is 0.394. The number of hydrogen-bond donors (Lipinski definition) is 1. The molecule has 0 unspecified atom stereocenters. The van der Waals surface area contributed by atoms with Crippen molar-refractivity contribution in [2.75, 3.05) is 5.38 Å². The number of hydrogen-bond acceptors (Lipinski definition) is 2. The highest BCUT2D eigenvalue weighted by Crippen LogP contribution is 2.27. The van der Waals surface area contributed by atoms with E-state index in [9.17, 15) is 5.11 Å². The summed E-state index contributed by atoms with van der Waals surface area (Å²) in [5.74, 6) is 0.394. The highest BCUT2D eigenvalue weighted by atomic mass is 32.2. The Bertz CT molecular complexity index is 598. The fraction of sp³-hybridized carbons (Fsp3) is 0.368. The Labute approximate surface area is 141 Å². The van der Waals surface area contributed by atoms with Gasteiger partial charge in [0.2, 0.25) is 0 Å². The molecule has 2 aromatic rings. The standard InChI is InChI=1S/C19H24OSSi/c1-3-8-15-10-7-13-19(16(15)9-4-2)22-14-21-18-12-6-5-11-17(18)20/h5-7,10-13,20H,3-4,8-9,14H2,1-2H3. The van der Waals surface area contributed by atoms with Gasteiger partial charge in [0.1, 0.15) is 5.75 Å². The topological polar surface area (TPSA) is 20.2 Å². The maximum atomic E-state index is 9.84. The van der Waals surface area contributed by atoms with Gasteiger partial charge in [-0.1, -0.05) is 62.2 Å². The summed E-state index contributed by atoms with van der Waals surface area (Å²) in [4.78, 5) is 0.983. The summed E-state index contributed by atoms with van der Waals surface area (Å²) in [5.41, 5.74) is 3.10. The number of benzene rings is 2. The molecule has 0 aliphatic carbocycles. The summed E-state index contributed by atoms with van der Waals surface area (Å²) in [6.07, 6.45) is 4.76. The SMILES string of the molecule is CCCc1cccc([Si]CSc2ccccc2O)c1CCC. The van der Waals surface area contributed by atoms with Crippen LogP contribution in [0.25, 0.3) is 0 Å². The molecule has 0 aromatic heterocycles. The van der Waals surface area contributed by atoms with Crippen LogP contribution in [-0.2, 0) is 12.8 Å². The van der Waals surface area contributed by atoms with Crippen molar-refractivity contribution in [3.63, 3.8) is 0 Å². The summed E-state index contributed by atoms with van der Waals surface area (Å²) in [6.45, 7) is 4.51. The maximum absolute atomic E-state index is 9.84. The first-order valence-electron chi connectivity index (χ1n) is 8.01.